The first-order valence-electron chi connectivity index (χ1n) is 22.4. The lowest BCUT2D eigenvalue weighted by molar-refractivity contribution is -0.151. The number of hydrogen-bond acceptors (Lipinski definition) is 5. The summed E-state index contributed by atoms with van der Waals surface area (Å²) in [5.41, 5.74) is 0. The minimum atomic E-state index is -0.783. The molecule has 0 fully saturated rings. The Morgan fingerprint density at radius 2 is 0.961 bits per heavy atom. The van der Waals surface area contributed by atoms with Gasteiger partial charge in [0, 0.05) is 6.42 Å². The molecule has 3 unspecified atom stereocenters. The molecule has 0 rings (SSSR count). The van der Waals surface area contributed by atoms with Crippen molar-refractivity contribution in [1.29, 1.82) is 0 Å². The molecule has 0 bridgehead atoms. The van der Waals surface area contributed by atoms with Crippen LogP contribution in [-0.4, -0.2) is 46.9 Å². The van der Waals surface area contributed by atoms with Crippen LogP contribution in [-0.2, 0) is 14.3 Å². The normalized spacial score (nSPS) is 13.4. The predicted molar refractivity (Wildman–Crippen MR) is 218 cm³/mol. The Morgan fingerprint density at radius 3 is 1.45 bits per heavy atom. The molecule has 6 heteroatoms. The molecule has 0 aliphatic heterocycles. The molecule has 0 radical (unpaired) electrons. The second-order valence-electron chi connectivity index (χ2n) is 15.5. The maximum absolute atomic E-state index is 13.1. The van der Waals surface area contributed by atoms with E-state index in [1.165, 1.54) is 128 Å². The molecule has 302 valence electrons. The highest BCUT2D eigenvalue weighted by Crippen LogP contribution is 2.17. The van der Waals surface area contributed by atoms with Crippen molar-refractivity contribution in [1.82, 2.24) is 5.32 Å². The van der Waals surface area contributed by atoms with Gasteiger partial charge in [-0.25, -0.2) is 0 Å². The van der Waals surface area contributed by atoms with Crippen LogP contribution in [0.2, 0.25) is 0 Å². The number of esters is 1. The Morgan fingerprint density at radius 1 is 0.549 bits per heavy atom. The van der Waals surface area contributed by atoms with Crippen LogP contribution in [0.15, 0.2) is 12.2 Å². The van der Waals surface area contributed by atoms with Crippen molar-refractivity contribution < 1.29 is 24.5 Å². The first kappa shape index (κ1) is 49.6. The van der Waals surface area contributed by atoms with Crippen molar-refractivity contribution in [3.05, 3.63) is 12.2 Å². The van der Waals surface area contributed by atoms with Gasteiger partial charge in [0.15, 0.2) is 0 Å². The SMILES string of the molecule is CCCC/C=C\CCCCCC(CC(=O)NC(CO)C(O)CCCCCCCCCCCCCC)OC(=O)CCCCCCCCCCCCC. The molecule has 0 aliphatic rings. The van der Waals surface area contributed by atoms with Crippen LogP contribution in [0.25, 0.3) is 0 Å². The van der Waals surface area contributed by atoms with Crippen LogP contribution in [0.1, 0.15) is 239 Å². The number of carbonyl (C=O) groups excluding carboxylic acids is 2. The average molecular weight is 722 g/mol. The molecule has 0 aromatic heterocycles. The van der Waals surface area contributed by atoms with Gasteiger partial charge in [-0.2, -0.15) is 0 Å². The van der Waals surface area contributed by atoms with E-state index in [9.17, 15) is 19.8 Å². The number of allylic oxidation sites excluding steroid dienone is 2. The summed E-state index contributed by atoms with van der Waals surface area (Å²) in [4.78, 5) is 25.9. The third kappa shape index (κ3) is 35.4. The third-order valence-electron chi connectivity index (χ3n) is 10.3. The summed E-state index contributed by atoms with van der Waals surface area (Å²) in [7, 11) is 0. The van der Waals surface area contributed by atoms with E-state index in [-0.39, 0.29) is 24.9 Å². The molecule has 3 N–H and O–H groups in total. The monoisotopic (exact) mass is 722 g/mol. The zero-order valence-electron chi connectivity index (χ0n) is 34.3. The summed E-state index contributed by atoms with van der Waals surface area (Å²) < 4.78 is 5.87. The maximum Gasteiger partial charge on any atom is 0.306 e. The molecular weight excluding hydrogens is 634 g/mol. The zero-order valence-corrected chi connectivity index (χ0v) is 34.3. The van der Waals surface area contributed by atoms with Gasteiger partial charge in [-0.3, -0.25) is 9.59 Å². The van der Waals surface area contributed by atoms with Gasteiger partial charge in [-0.05, 0) is 44.9 Å². The summed E-state index contributed by atoms with van der Waals surface area (Å²) in [5.74, 6) is -0.484. The van der Waals surface area contributed by atoms with Crippen LogP contribution in [0, 0.1) is 0 Å². The van der Waals surface area contributed by atoms with E-state index in [0.29, 0.717) is 19.3 Å². The van der Waals surface area contributed by atoms with E-state index in [0.717, 1.165) is 64.2 Å². The second-order valence-corrected chi connectivity index (χ2v) is 15.5. The first-order valence-corrected chi connectivity index (χ1v) is 22.4. The van der Waals surface area contributed by atoms with Gasteiger partial charge >= 0.3 is 5.97 Å². The molecule has 0 heterocycles. The summed E-state index contributed by atoms with van der Waals surface area (Å²) in [5, 5.41) is 23.6. The van der Waals surface area contributed by atoms with Gasteiger partial charge in [-0.1, -0.05) is 193 Å². The Labute approximate surface area is 317 Å². The molecule has 0 saturated heterocycles. The van der Waals surface area contributed by atoms with Crippen molar-refractivity contribution in [2.24, 2.45) is 0 Å². The molecule has 0 aromatic rings. The van der Waals surface area contributed by atoms with Gasteiger partial charge in [0.2, 0.25) is 5.91 Å². The second kappa shape index (κ2) is 39.8. The predicted octanol–water partition coefficient (Wildman–Crippen LogP) is 12.6. The van der Waals surface area contributed by atoms with Crippen LogP contribution >= 0.6 is 0 Å². The van der Waals surface area contributed by atoms with E-state index in [1.807, 2.05) is 0 Å². The van der Waals surface area contributed by atoms with Crippen LogP contribution in [0.5, 0.6) is 0 Å². The highest BCUT2D eigenvalue weighted by Gasteiger charge is 2.24. The molecule has 3 atom stereocenters. The molecule has 0 saturated carbocycles. The molecular formula is C45H87NO5. The van der Waals surface area contributed by atoms with Crippen LogP contribution in [0.4, 0.5) is 0 Å². The largest absolute Gasteiger partial charge is 0.462 e. The van der Waals surface area contributed by atoms with Crippen molar-refractivity contribution in [2.45, 2.75) is 257 Å². The fraction of sp³-hybridized carbons (Fsp3) is 0.911. The Kier molecular flexibility index (Phi) is 38.7. The van der Waals surface area contributed by atoms with Gasteiger partial charge in [0.05, 0.1) is 25.2 Å². The third-order valence-corrected chi connectivity index (χ3v) is 10.3. The lowest BCUT2D eigenvalue weighted by Crippen LogP contribution is -2.46. The number of ether oxygens (including phenoxy) is 1. The average Bonchev–Trinajstić information content (AvgIpc) is 3.12. The van der Waals surface area contributed by atoms with Crippen LogP contribution in [0.3, 0.4) is 0 Å². The molecule has 51 heavy (non-hydrogen) atoms. The maximum atomic E-state index is 13.1. The number of hydrogen-bond donors (Lipinski definition) is 3. The van der Waals surface area contributed by atoms with Gasteiger partial charge in [-0.15, -0.1) is 0 Å². The number of unbranched alkanes of at least 4 members (excludes halogenated alkanes) is 26. The highest BCUT2D eigenvalue weighted by atomic mass is 16.5. The minimum Gasteiger partial charge on any atom is -0.462 e. The number of aliphatic hydroxyl groups excluding tert-OH is 2. The topological polar surface area (TPSA) is 95.9 Å². The molecule has 0 spiro atoms. The van der Waals surface area contributed by atoms with E-state index >= 15 is 0 Å². The lowest BCUT2D eigenvalue weighted by Gasteiger charge is -2.24. The van der Waals surface area contributed by atoms with Gasteiger partial charge in [0.1, 0.15) is 6.10 Å². The number of aliphatic hydroxyl groups is 2. The number of amides is 1. The fourth-order valence-electron chi connectivity index (χ4n) is 6.88. The Balaban J connectivity index is 4.52. The van der Waals surface area contributed by atoms with E-state index in [4.69, 9.17) is 4.74 Å². The lowest BCUT2D eigenvalue weighted by atomic mass is 10.0. The van der Waals surface area contributed by atoms with Crippen molar-refractivity contribution >= 4 is 11.9 Å². The van der Waals surface area contributed by atoms with Crippen molar-refractivity contribution in [3.63, 3.8) is 0 Å². The molecule has 0 aromatic carbocycles. The van der Waals surface area contributed by atoms with E-state index < -0.39 is 18.2 Å². The summed E-state index contributed by atoms with van der Waals surface area (Å²) in [6.45, 7) is 6.42. The van der Waals surface area contributed by atoms with E-state index in [2.05, 4.69) is 38.2 Å². The number of carbonyl (C=O) groups is 2. The zero-order chi connectivity index (χ0) is 37.5. The first-order chi connectivity index (χ1) is 25.0. The summed E-state index contributed by atoms with van der Waals surface area (Å²) in [6, 6.07) is -0.697. The van der Waals surface area contributed by atoms with Crippen molar-refractivity contribution in [3.8, 4) is 0 Å². The summed E-state index contributed by atoms with van der Waals surface area (Å²) >= 11 is 0. The highest BCUT2D eigenvalue weighted by molar-refractivity contribution is 5.77. The Bertz CT molecular complexity index is 772. The molecule has 1 amide bonds. The molecule has 6 nitrogen and oxygen atoms in total. The fourth-order valence-corrected chi connectivity index (χ4v) is 6.88. The van der Waals surface area contributed by atoms with Gasteiger partial charge in [0.25, 0.3) is 0 Å². The Hall–Kier alpha value is -1.40. The minimum absolute atomic E-state index is 0.0722. The quantitative estimate of drug-likeness (QED) is 0.0332. The standard InChI is InChI=1S/C45H87NO5/c1-4-7-10-13-16-19-21-23-25-28-31-34-37-43(48)42(40-47)46-44(49)39-41(36-33-30-27-24-18-15-12-9-6-3)51-45(50)38-35-32-29-26-22-20-17-14-11-8-5-2/h15,18,41-43,47-48H,4-14,16-17,19-40H2,1-3H3,(H,46,49)/b18-15-. The van der Waals surface area contributed by atoms with Crippen LogP contribution < -0.4 is 5.32 Å². The van der Waals surface area contributed by atoms with E-state index in [1.54, 1.807) is 0 Å². The van der Waals surface area contributed by atoms with Gasteiger partial charge < -0.3 is 20.3 Å². The molecule has 0 aliphatic carbocycles. The van der Waals surface area contributed by atoms with Crippen molar-refractivity contribution in [2.75, 3.05) is 6.61 Å². The summed E-state index contributed by atoms with van der Waals surface area (Å²) in [6.07, 6.45) is 41.3. The number of rotatable bonds is 40. The number of nitrogens with one attached hydrogen (secondary N) is 1. The smallest absolute Gasteiger partial charge is 0.306 e.